The fourth-order valence-electron chi connectivity index (χ4n) is 1.35. The molecule has 0 unspecified atom stereocenters. The number of nitro benzene ring substituents is 1. The van der Waals surface area contributed by atoms with Crippen LogP contribution in [0.15, 0.2) is 23.1 Å². The maximum atomic E-state index is 11.3. The summed E-state index contributed by atoms with van der Waals surface area (Å²) in [5.74, 6) is -0.998. The predicted octanol–water partition coefficient (Wildman–Crippen LogP) is 1.62. The van der Waals surface area contributed by atoms with Crippen LogP contribution in [0.25, 0.3) is 6.08 Å². The molecule has 0 aliphatic carbocycles. The first kappa shape index (κ1) is 12.1. The Morgan fingerprint density at radius 2 is 2.11 bits per heavy atom. The predicted molar refractivity (Wildman–Crippen MR) is 63.9 cm³/mol. The summed E-state index contributed by atoms with van der Waals surface area (Å²) in [4.78, 5) is 32.2. The van der Waals surface area contributed by atoms with Gasteiger partial charge in [-0.15, -0.1) is 0 Å². The molecule has 0 bridgehead atoms. The molecule has 1 fully saturated rings. The molecule has 1 aliphatic rings. The highest BCUT2D eigenvalue weighted by molar-refractivity contribution is 8.18. The monoisotopic (exact) mass is 266 g/mol. The third-order valence-corrected chi connectivity index (χ3v) is 2.95. The van der Waals surface area contributed by atoms with Crippen molar-refractivity contribution in [3.8, 4) is 5.75 Å². The SMILES string of the molecule is O=C1NC(=O)/C(=C\c2ccc(O)c([N+](=O)[O-])c2)S1. The van der Waals surface area contributed by atoms with Crippen molar-refractivity contribution in [1.82, 2.24) is 5.32 Å². The quantitative estimate of drug-likeness (QED) is 0.478. The second-order valence-corrected chi connectivity index (χ2v) is 4.37. The second-order valence-electron chi connectivity index (χ2n) is 3.36. The van der Waals surface area contributed by atoms with Gasteiger partial charge in [0.05, 0.1) is 9.83 Å². The smallest absolute Gasteiger partial charge is 0.311 e. The first-order valence-electron chi connectivity index (χ1n) is 4.69. The molecule has 1 aliphatic heterocycles. The van der Waals surface area contributed by atoms with E-state index in [1.165, 1.54) is 12.1 Å². The van der Waals surface area contributed by atoms with Gasteiger partial charge in [-0.05, 0) is 29.5 Å². The van der Waals surface area contributed by atoms with Crippen LogP contribution >= 0.6 is 11.8 Å². The topological polar surface area (TPSA) is 110 Å². The van der Waals surface area contributed by atoms with Crippen LogP contribution in [0.1, 0.15) is 5.56 Å². The summed E-state index contributed by atoms with van der Waals surface area (Å²) in [6.45, 7) is 0. The molecule has 1 heterocycles. The van der Waals surface area contributed by atoms with Crippen LogP contribution in [0, 0.1) is 10.1 Å². The normalized spacial score (nSPS) is 17.0. The summed E-state index contributed by atoms with van der Waals surface area (Å²) < 4.78 is 0. The van der Waals surface area contributed by atoms with Crippen LogP contribution in [0.5, 0.6) is 5.75 Å². The molecular weight excluding hydrogens is 260 g/mol. The van der Waals surface area contributed by atoms with E-state index in [0.29, 0.717) is 17.3 Å². The number of carbonyl (C=O) groups is 2. The molecule has 18 heavy (non-hydrogen) atoms. The van der Waals surface area contributed by atoms with E-state index >= 15 is 0 Å². The van der Waals surface area contributed by atoms with Crippen LogP contribution in [-0.2, 0) is 4.79 Å². The molecule has 2 N–H and O–H groups in total. The van der Waals surface area contributed by atoms with Gasteiger partial charge in [0.1, 0.15) is 0 Å². The number of nitro groups is 1. The molecule has 0 saturated carbocycles. The van der Waals surface area contributed by atoms with E-state index < -0.39 is 27.5 Å². The number of carbonyl (C=O) groups excluding carboxylic acids is 2. The third-order valence-electron chi connectivity index (χ3n) is 2.14. The number of benzene rings is 1. The molecule has 1 aromatic carbocycles. The second kappa shape index (κ2) is 4.49. The third kappa shape index (κ3) is 2.33. The summed E-state index contributed by atoms with van der Waals surface area (Å²) in [7, 11) is 0. The Labute approximate surface area is 105 Å². The van der Waals surface area contributed by atoms with Crippen LogP contribution < -0.4 is 5.32 Å². The Bertz CT molecular complexity index is 596. The van der Waals surface area contributed by atoms with Crippen molar-refractivity contribution >= 4 is 34.7 Å². The number of aromatic hydroxyl groups is 1. The molecular formula is C10H6N2O5S. The molecule has 0 aromatic heterocycles. The lowest BCUT2D eigenvalue weighted by Crippen LogP contribution is -2.17. The van der Waals surface area contributed by atoms with Gasteiger partial charge in [0.2, 0.25) is 0 Å². The van der Waals surface area contributed by atoms with Gasteiger partial charge in [-0.3, -0.25) is 25.0 Å². The van der Waals surface area contributed by atoms with Crippen molar-refractivity contribution in [3.05, 3.63) is 38.8 Å². The van der Waals surface area contributed by atoms with E-state index in [1.807, 2.05) is 0 Å². The lowest BCUT2D eigenvalue weighted by atomic mass is 10.1. The van der Waals surface area contributed by atoms with Crippen LogP contribution in [0.4, 0.5) is 10.5 Å². The molecule has 92 valence electrons. The highest BCUT2D eigenvalue weighted by Gasteiger charge is 2.25. The molecule has 7 nitrogen and oxygen atoms in total. The van der Waals surface area contributed by atoms with E-state index in [2.05, 4.69) is 5.32 Å². The Morgan fingerprint density at radius 3 is 2.67 bits per heavy atom. The van der Waals surface area contributed by atoms with Crippen molar-refractivity contribution in [2.75, 3.05) is 0 Å². The lowest BCUT2D eigenvalue weighted by molar-refractivity contribution is -0.385. The number of amides is 2. The van der Waals surface area contributed by atoms with Crippen molar-refractivity contribution < 1.29 is 19.6 Å². The van der Waals surface area contributed by atoms with Crippen molar-refractivity contribution in [1.29, 1.82) is 0 Å². The number of thioether (sulfide) groups is 1. The fourth-order valence-corrected chi connectivity index (χ4v) is 2.03. The number of imide groups is 1. The zero-order valence-corrected chi connectivity index (χ0v) is 9.56. The largest absolute Gasteiger partial charge is 0.502 e. The minimum Gasteiger partial charge on any atom is -0.502 e. The maximum Gasteiger partial charge on any atom is 0.311 e. The average Bonchev–Trinajstić information content (AvgIpc) is 2.60. The highest BCUT2D eigenvalue weighted by Crippen LogP contribution is 2.30. The summed E-state index contributed by atoms with van der Waals surface area (Å²) >= 11 is 0.716. The number of hydrogen-bond donors (Lipinski definition) is 2. The standard InChI is InChI=1S/C10H6N2O5S/c13-7-2-1-5(3-6(7)12(16)17)4-8-9(14)11-10(15)18-8/h1-4,13H,(H,11,14,15)/b8-4+. The van der Waals surface area contributed by atoms with Crippen molar-refractivity contribution in [3.63, 3.8) is 0 Å². The molecule has 8 heteroatoms. The summed E-state index contributed by atoms with van der Waals surface area (Å²) in [5, 5.41) is 21.5. The summed E-state index contributed by atoms with van der Waals surface area (Å²) in [6, 6.07) is 3.69. The maximum absolute atomic E-state index is 11.3. The van der Waals surface area contributed by atoms with Gasteiger partial charge < -0.3 is 5.11 Å². The van der Waals surface area contributed by atoms with Crippen LogP contribution in [0.2, 0.25) is 0 Å². The van der Waals surface area contributed by atoms with Crippen LogP contribution in [-0.4, -0.2) is 21.2 Å². The van der Waals surface area contributed by atoms with Gasteiger partial charge in [0.25, 0.3) is 11.1 Å². The average molecular weight is 266 g/mol. The van der Waals surface area contributed by atoms with Crippen molar-refractivity contribution in [2.45, 2.75) is 0 Å². The van der Waals surface area contributed by atoms with Gasteiger partial charge in [-0.25, -0.2) is 0 Å². The van der Waals surface area contributed by atoms with Gasteiger partial charge in [-0.1, -0.05) is 6.07 Å². The lowest BCUT2D eigenvalue weighted by Gasteiger charge is -1.98. The van der Waals surface area contributed by atoms with E-state index in [1.54, 1.807) is 0 Å². The highest BCUT2D eigenvalue weighted by atomic mass is 32.2. The first-order chi connectivity index (χ1) is 8.47. The van der Waals surface area contributed by atoms with Gasteiger partial charge in [-0.2, -0.15) is 0 Å². The number of hydrogen-bond acceptors (Lipinski definition) is 6. The summed E-state index contributed by atoms with van der Waals surface area (Å²) in [5.41, 5.74) is -0.106. The van der Waals surface area contributed by atoms with Gasteiger partial charge in [0, 0.05) is 6.07 Å². The molecule has 2 rings (SSSR count). The Morgan fingerprint density at radius 1 is 1.39 bits per heavy atom. The molecule has 0 atom stereocenters. The molecule has 1 saturated heterocycles. The van der Waals surface area contributed by atoms with Gasteiger partial charge >= 0.3 is 5.69 Å². The molecule has 0 radical (unpaired) electrons. The number of rotatable bonds is 2. The Kier molecular flexibility index (Phi) is 3.02. The summed E-state index contributed by atoms with van der Waals surface area (Å²) in [6.07, 6.45) is 1.34. The molecule has 0 spiro atoms. The van der Waals surface area contributed by atoms with E-state index in [9.17, 15) is 24.8 Å². The van der Waals surface area contributed by atoms with Crippen LogP contribution in [0.3, 0.4) is 0 Å². The fraction of sp³-hybridized carbons (Fsp3) is 0. The molecule has 2 amide bonds. The number of phenolic OH excluding ortho intramolecular Hbond substituents is 1. The van der Waals surface area contributed by atoms with E-state index in [0.717, 1.165) is 12.1 Å². The minimum absolute atomic E-state index is 0.153. The van der Waals surface area contributed by atoms with Crippen molar-refractivity contribution in [2.24, 2.45) is 0 Å². The number of nitrogens with zero attached hydrogens (tertiary/aromatic N) is 1. The Balaban J connectivity index is 2.38. The number of phenols is 1. The zero-order valence-electron chi connectivity index (χ0n) is 8.75. The first-order valence-corrected chi connectivity index (χ1v) is 5.51. The van der Waals surface area contributed by atoms with Gasteiger partial charge in [0.15, 0.2) is 5.75 Å². The zero-order chi connectivity index (χ0) is 13.3. The number of nitrogens with one attached hydrogen (secondary N) is 1. The minimum atomic E-state index is -0.732. The Hall–Kier alpha value is -2.35. The van der Waals surface area contributed by atoms with E-state index in [4.69, 9.17) is 0 Å². The van der Waals surface area contributed by atoms with E-state index in [-0.39, 0.29) is 4.91 Å². The molecule has 1 aromatic rings.